The van der Waals surface area contributed by atoms with Crippen molar-refractivity contribution in [3.8, 4) is 16.9 Å². The normalized spacial score (nSPS) is 17.7. The third-order valence-electron chi connectivity index (χ3n) is 6.62. The number of carbonyl (C=O) groups excluding carboxylic acids is 2. The van der Waals surface area contributed by atoms with Crippen molar-refractivity contribution in [1.82, 2.24) is 4.90 Å². The molecule has 170 valence electrons. The highest BCUT2D eigenvalue weighted by atomic mass is 16.5. The number of primary amides is 1. The summed E-state index contributed by atoms with van der Waals surface area (Å²) in [6.07, 6.45) is 1.37. The summed E-state index contributed by atoms with van der Waals surface area (Å²) in [6.45, 7) is 2.95. The molecule has 5 heteroatoms. The molecule has 0 aromatic heterocycles. The van der Waals surface area contributed by atoms with Gasteiger partial charge in [-0.2, -0.15) is 0 Å². The average Bonchev–Trinajstić information content (AvgIpc) is 3.26. The number of rotatable bonds is 7. The molecule has 2 amide bonds. The summed E-state index contributed by atoms with van der Waals surface area (Å²) in [4.78, 5) is 27.5. The Morgan fingerprint density at radius 3 is 2.48 bits per heavy atom. The molecule has 0 spiro atoms. The zero-order valence-corrected chi connectivity index (χ0v) is 19.2. The van der Waals surface area contributed by atoms with Gasteiger partial charge in [-0.15, -0.1) is 0 Å². The first-order valence-corrected chi connectivity index (χ1v) is 11.3. The molecular weight excluding hydrogens is 412 g/mol. The van der Waals surface area contributed by atoms with Gasteiger partial charge in [0.1, 0.15) is 5.75 Å². The van der Waals surface area contributed by atoms with Crippen molar-refractivity contribution in [2.45, 2.75) is 26.2 Å². The summed E-state index contributed by atoms with van der Waals surface area (Å²) in [5, 5.41) is 0. The van der Waals surface area contributed by atoms with Crippen LogP contribution in [0.3, 0.4) is 0 Å². The predicted octanol–water partition coefficient (Wildman–Crippen LogP) is 4.16. The fourth-order valence-electron chi connectivity index (χ4n) is 4.68. The number of aryl methyl sites for hydroxylation is 1. The number of ether oxygens (including phenoxy) is 1. The third kappa shape index (κ3) is 4.92. The van der Waals surface area contributed by atoms with Crippen LogP contribution >= 0.6 is 0 Å². The zero-order chi connectivity index (χ0) is 23.4. The second kappa shape index (κ2) is 9.49. The Hall–Kier alpha value is -3.60. The summed E-state index contributed by atoms with van der Waals surface area (Å²) >= 11 is 0. The minimum absolute atomic E-state index is 0.00950. The van der Waals surface area contributed by atoms with E-state index >= 15 is 0 Å². The number of likely N-dealkylation sites (tertiary alicyclic amines) is 1. The fraction of sp³-hybridized carbons (Fsp3) is 0.286. The quantitative estimate of drug-likeness (QED) is 0.597. The summed E-state index contributed by atoms with van der Waals surface area (Å²) in [6, 6.07) is 24.0. The monoisotopic (exact) mass is 442 g/mol. The fourth-order valence-corrected chi connectivity index (χ4v) is 4.68. The van der Waals surface area contributed by atoms with Crippen molar-refractivity contribution < 1.29 is 14.3 Å². The van der Waals surface area contributed by atoms with Crippen LogP contribution in [-0.2, 0) is 22.4 Å². The molecule has 5 nitrogen and oxygen atoms in total. The van der Waals surface area contributed by atoms with E-state index in [9.17, 15) is 9.59 Å². The number of carbonyl (C=O) groups is 2. The van der Waals surface area contributed by atoms with Gasteiger partial charge in [0, 0.05) is 13.1 Å². The van der Waals surface area contributed by atoms with Crippen molar-refractivity contribution in [2.24, 2.45) is 11.1 Å². The number of methoxy groups -OCH3 is 1. The number of amides is 2. The first kappa shape index (κ1) is 22.6. The molecule has 33 heavy (non-hydrogen) atoms. The maximum atomic E-state index is 13.0. The van der Waals surface area contributed by atoms with Crippen molar-refractivity contribution >= 4 is 11.8 Å². The van der Waals surface area contributed by atoms with Crippen LogP contribution < -0.4 is 10.5 Å². The van der Waals surface area contributed by atoms with Crippen LogP contribution in [0.5, 0.6) is 5.75 Å². The van der Waals surface area contributed by atoms with Gasteiger partial charge < -0.3 is 15.4 Å². The van der Waals surface area contributed by atoms with Crippen molar-refractivity contribution in [1.29, 1.82) is 0 Å². The van der Waals surface area contributed by atoms with Gasteiger partial charge >= 0.3 is 0 Å². The van der Waals surface area contributed by atoms with Crippen LogP contribution in [-0.4, -0.2) is 36.9 Å². The molecule has 2 N–H and O–H groups in total. The lowest BCUT2D eigenvalue weighted by Crippen LogP contribution is -2.42. The van der Waals surface area contributed by atoms with Gasteiger partial charge in [-0.25, -0.2) is 0 Å². The lowest BCUT2D eigenvalue weighted by molar-refractivity contribution is -0.131. The number of nitrogens with zero attached hydrogens (tertiary/aromatic N) is 1. The molecule has 3 aromatic rings. The standard InChI is InChI=1S/C28H30N2O3/c1-20-6-5-8-22(16-20)25-9-4-3-7-23(25)18-28(27(29)32)14-15-30(19-28)26(31)17-21-10-12-24(33-2)13-11-21/h3-13,16H,14-15,17-19H2,1-2H3,(H2,29,32)/t28-/m0/s1. The molecule has 1 saturated heterocycles. The molecule has 1 fully saturated rings. The number of hydrogen-bond donors (Lipinski definition) is 1. The van der Waals surface area contributed by atoms with Gasteiger partial charge in [-0.1, -0.05) is 66.2 Å². The van der Waals surface area contributed by atoms with Gasteiger partial charge in [-0.3, -0.25) is 9.59 Å². The van der Waals surface area contributed by atoms with Crippen LogP contribution in [0, 0.1) is 12.3 Å². The van der Waals surface area contributed by atoms with Gasteiger partial charge in [0.2, 0.25) is 11.8 Å². The highest BCUT2D eigenvalue weighted by Crippen LogP contribution is 2.37. The van der Waals surface area contributed by atoms with E-state index in [1.807, 2.05) is 42.5 Å². The van der Waals surface area contributed by atoms with E-state index in [1.54, 1.807) is 12.0 Å². The Kier molecular flexibility index (Phi) is 6.50. The van der Waals surface area contributed by atoms with Crippen molar-refractivity contribution in [2.75, 3.05) is 20.2 Å². The summed E-state index contributed by atoms with van der Waals surface area (Å²) in [7, 11) is 1.62. The lowest BCUT2D eigenvalue weighted by atomic mass is 9.78. The van der Waals surface area contributed by atoms with Crippen LogP contribution in [0.25, 0.3) is 11.1 Å². The zero-order valence-electron chi connectivity index (χ0n) is 19.2. The SMILES string of the molecule is COc1ccc(CC(=O)N2CC[C@@](Cc3ccccc3-c3cccc(C)c3)(C(N)=O)C2)cc1. The largest absolute Gasteiger partial charge is 0.497 e. The molecule has 0 unspecified atom stereocenters. The Morgan fingerprint density at radius 2 is 1.79 bits per heavy atom. The van der Waals surface area contributed by atoms with Gasteiger partial charge in [-0.05, 0) is 54.2 Å². The molecule has 0 radical (unpaired) electrons. The van der Waals surface area contributed by atoms with Crippen LogP contribution in [0.2, 0.25) is 0 Å². The Balaban J connectivity index is 1.53. The van der Waals surface area contributed by atoms with E-state index in [4.69, 9.17) is 10.5 Å². The first-order chi connectivity index (χ1) is 15.9. The van der Waals surface area contributed by atoms with E-state index in [1.165, 1.54) is 5.56 Å². The molecule has 1 aliphatic heterocycles. The third-order valence-corrected chi connectivity index (χ3v) is 6.62. The van der Waals surface area contributed by atoms with Gasteiger partial charge in [0.15, 0.2) is 0 Å². The van der Waals surface area contributed by atoms with Crippen LogP contribution in [0.15, 0.2) is 72.8 Å². The second-order valence-electron chi connectivity index (χ2n) is 8.94. The van der Waals surface area contributed by atoms with E-state index in [-0.39, 0.29) is 11.8 Å². The molecule has 1 aliphatic rings. The van der Waals surface area contributed by atoms with E-state index < -0.39 is 5.41 Å². The van der Waals surface area contributed by atoms with Crippen LogP contribution in [0.4, 0.5) is 0 Å². The topological polar surface area (TPSA) is 72.6 Å². The van der Waals surface area contributed by atoms with E-state index in [2.05, 4.69) is 37.3 Å². The molecular formula is C28H30N2O3. The molecule has 0 bridgehead atoms. The minimum Gasteiger partial charge on any atom is -0.497 e. The van der Waals surface area contributed by atoms with Crippen molar-refractivity contribution in [3.05, 3.63) is 89.5 Å². The maximum Gasteiger partial charge on any atom is 0.227 e. The molecule has 1 atom stereocenters. The number of hydrogen-bond acceptors (Lipinski definition) is 3. The predicted molar refractivity (Wildman–Crippen MR) is 130 cm³/mol. The Bertz CT molecular complexity index is 1160. The van der Waals surface area contributed by atoms with E-state index in [0.29, 0.717) is 32.4 Å². The van der Waals surface area contributed by atoms with Gasteiger partial charge in [0.25, 0.3) is 0 Å². The smallest absolute Gasteiger partial charge is 0.227 e. The average molecular weight is 443 g/mol. The van der Waals surface area contributed by atoms with Gasteiger partial charge in [0.05, 0.1) is 18.9 Å². The van der Waals surface area contributed by atoms with Crippen molar-refractivity contribution in [3.63, 3.8) is 0 Å². The van der Waals surface area contributed by atoms with E-state index in [0.717, 1.165) is 28.0 Å². The summed E-state index contributed by atoms with van der Waals surface area (Å²) in [5.74, 6) is 0.420. The maximum absolute atomic E-state index is 13.0. The minimum atomic E-state index is -0.768. The molecule has 4 rings (SSSR count). The molecule has 1 heterocycles. The number of nitrogens with two attached hydrogens (primary N) is 1. The van der Waals surface area contributed by atoms with Crippen LogP contribution in [0.1, 0.15) is 23.1 Å². The Labute approximate surface area is 195 Å². The highest BCUT2D eigenvalue weighted by Gasteiger charge is 2.45. The molecule has 3 aromatic carbocycles. The summed E-state index contributed by atoms with van der Waals surface area (Å²) in [5.41, 5.74) is 10.6. The Morgan fingerprint density at radius 1 is 1.03 bits per heavy atom. The molecule has 0 saturated carbocycles. The first-order valence-electron chi connectivity index (χ1n) is 11.3. The number of benzene rings is 3. The molecule has 0 aliphatic carbocycles. The summed E-state index contributed by atoms with van der Waals surface area (Å²) < 4.78 is 5.19. The lowest BCUT2D eigenvalue weighted by Gasteiger charge is -2.27. The second-order valence-corrected chi connectivity index (χ2v) is 8.94. The highest BCUT2D eigenvalue weighted by molar-refractivity contribution is 5.85.